The van der Waals surface area contributed by atoms with Gasteiger partial charge in [-0.2, -0.15) is 0 Å². The summed E-state index contributed by atoms with van der Waals surface area (Å²) in [6, 6.07) is 6.92. The Bertz CT molecular complexity index is 954. The molecule has 142 valence electrons. The average Bonchev–Trinajstić information content (AvgIpc) is 3.25. The Kier molecular flexibility index (Phi) is 6.08. The predicted molar refractivity (Wildman–Crippen MR) is 105 cm³/mol. The number of methoxy groups -OCH3 is 1. The van der Waals surface area contributed by atoms with Crippen LogP contribution in [0.15, 0.2) is 40.1 Å². The second kappa shape index (κ2) is 8.49. The number of halogens is 1. The Labute approximate surface area is 166 Å². The molecule has 0 saturated carbocycles. The van der Waals surface area contributed by atoms with Gasteiger partial charge in [-0.05, 0) is 38.1 Å². The molecule has 2 aromatic heterocycles. The summed E-state index contributed by atoms with van der Waals surface area (Å²) in [7, 11) is 1.54. The first-order valence-corrected chi connectivity index (χ1v) is 9.63. The molecule has 0 radical (unpaired) electrons. The highest BCUT2D eigenvalue weighted by Crippen LogP contribution is 2.29. The minimum atomic E-state index is -0.188. The molecule has 0 fully saturated rings. The summed E-state index contributed by atoms with van der Waals surface area (Å²) in [6.07, 6.45) is 1.62. The molecule has 0 atom stereocenters. The number of carbonyl (C=O) groups is 1. The van der Waals surface area contributed by atoms with Gasteiger partial charge < -0.3 is 19.0 Å². The lowest BCUT2D eigenvalue weighted by Gasteiger charge is -2.10. The number of furan rings is 1. The molecule has 9 heteroatoms. The van der Waals surface area contributed by atoms with Gasteiger partial charge in [-0.3, -0.25) is 4.79 Å². The quantitative estimate of drug-likeness (QED) is 0.590. The van der Waals surface area contributed by atoms with Gasteiger partial charge in [0.15, 0.2) is 11.0 Å². The van der Waals surface area contributed by atoms with Crippen molar-refractivity contribution < 1.29 is 13.9 Å². The molecular weight excluding hydrogens is 388 g/mol. The number of ether oxygens (including phenoxy) is 1. The first-order chi connectivity index (χ1) is 13.0. The lowest BCUT2D eigenvalue weighted by atomic mass is 10.2. The van der Waals surface area contributed by atoms with Gasteiger partial charge in [0.2, 0.25) is 5.91 Å². The van der Waals surface area contributed by atoms with E-state index in [-0.39, 0.29) is 11.7 Å². The van der Waals surface area contributed by atoms with Crippen LogP contribution in [0.25, 0.3) is 11.4 Å². The van der Waals surface area contributed by atoms with E-state index < -0.39 is 0 Å². The summed E-state index contributed by atoms with van der Waals surface area (Å²) in [5.41, 5.74) is 1.42. The molecule has 0 aliphatic carbocycles. The molecule has 0 saturated heterocycles. The van der Waals surface area contributed by atoms with E-state index in [1.165, 1.54) is 18.9 Å². The van der Waals surface area contributed by atoms with Crippen molar-refractivity contribution in [2.45, 2.75) is 25.5 Å². The number of hydrogen-bond acceptors (Lipinski definition) is 6. The summed E-state index contributed by atoms with van der Waals surface area (Å²) in [5, 5.41) is 12.5. The number of thioether (sulfide) groups is 1. The van der Waals surface area contributed by atoms with Gasteiger partial charge in [0, 0.05) is 11.6 Å². The maximum absolute atomic E-state index is 12.4. The Morgan fingerprint density at radius 2 is 2.19 bits per heavy atom. The average molecular weight is 407 g/mol. The minimum absolute atomic E-state index is 0.179. The molecule has 1 aromatic carbocycles. The van der Waals surface area contributed by atoms with Gasteiger partial charge in [-0.25, -0.2) is 0 Å². The smallest absolute Gasteiger partial charge is 0.234 e. The number of hydrogen-bond donors (Lipinski definition) is 1. The molecule has 1 N–H and O–H groups in total. The molecule has 1 amide bonds. The fourth-order valence-electron chi connectivity index (χ4n) is 2.59. The van der Waals surface area contributed by atoms with Gasteiger partial charge in [-0.15, -0.1) is 10.2 Å². The SMILES string of the molecule is CCn1c(SCC(=O)Nc2cc(Cl)ccc2OC)nnc1-c1ccoc1C. The number of carbonyl (C=O) groups excluding carboxylic acids is 1. The molecule has 27 heavy (non-hydrogen) atoms. The van der Waals surface area contributed by atoms with E-state index >= 15 is 0 Å². The van der Waals surface area contributed by atoms with Gasteiger partial charge >= 0.3 is 0 Å². The zero-order chi connectivity index (χ0) is 19.4. The van der Waals surface area contributed by atoms with Crippen molar-refractivity contribution in [3.05, 3.63) is 41.3 Å². The number of aryl methyl sites for hydroxylation is 1. The first-order valence-electron chi connectivity index (χ1n) is 8.27. The molecule has 0 spiro atoms. The molecule has 2 heterocycles. The molecule has 7 nitrogen and oxygen atoms in total. The van der Waals surface area contributed by atoms with E-state index in [0.717, 1.165) is 17.1 Å². The third-order valence-electron chi connectivity index (χ3n) is 3.90. The highest BCUT2D eigenvalue weighted by atomic mass is 35.5. The largest absolute Gasteiger partial charge is 0.495 e. The second-order valence-corrected chi connectivity index (χ2v) is 7.00. The predicted octanol–water partition coefficient (Wildman–Crippen LogP) is 4.26. The third-order valence-corrected chi connectivity index (χ3v) is 5.10. The van der Waals surface area contributed by atoms with E-state index in [9.17, 15) is 4.79 Å². The van der Waals surface area contributed by atoms with Gasteiger partial charge in [0.05, 0.1) is 30.4 Å². The first kappa shape index (κ1) is 19.3. The van der Waals surface area contributed by atoms with Crippen LogP contribution in [0.5, 0.6) is 5.75 Å². The number of anilines is 1. The molecular formula is C18H19ClN4O3S. The molecule has 0 aliphatic rings. The molecule has 3 aromatic rings. The van der Waals surface area contributed by atoms with Crippen LogP contribution in [0.2, 0.25) is 5.02 Å². The summed E-state index contributed by atoms with van der Waals surface area (Å²) in [5.74, 6) is 2.04. The Morgan fingerprint density at radius 3 is 2.85 bits per heavy atom. The minimum Gasteiger partial charge on any atom is -0.495 e. The highest BCUT2D eigenvalue weighted by Gasteiger charge is 2.17. The van der Waals surface area contributed by atoms with Crippen LogP contribution in [0.3, 0.4) is 0 Å². The van der Waals surface area contributed by atoms with Crippen molar-refractivity contribution in [1.29, 1.82) is 0 Å². The Morgan fingerprint density at radius 1 is 1.37 bits per heavy atom. The number of nitrogens with zero attached hydrogens (tertiary/aromatic N) is 3. The Hall–Kier alpha value is -2.45. The highest BCUT2D eigenvalue weighted by molar-refractivity contribution is 7.99. The molecule has 3 rings (SSSR count). The van der Waals surface area contributed by atoms with E-state index in [2.05, 4.69) is 15.5 Å². The van der Waals surface area contributed by atoms with Crippen molar-refractivity contribution in [2.75, 3.05) is 18.2 Å². The van der Waals surface area contributed by atoms with Crippen LogP contribution in [-0.2, 0) is 11.3 Å². The van der Waals surface area contributed by atoms with Gasteiger partial charge in [0.25, 0.3) is 0 Å². The second-order valence-electron chi connectivity index (χ2n) is 5.62. The van der Waals surface area contributed by atoms with Crippen LogP contribution in [0.1, 0.15) is 12.7 Å². The summed E-state index contributed by atoms with van der Waals surface area (Å²) in [4.78, 5) is 12.4. The van der Waals surface area contributed by atoms with Crippen LogP contribution in [-0.4, -0.2) is 33.5 Å². The van der Waals surface area contributed by atoms with E-state index in [0.29, 0.717) is 28.2 Å². The number of amides is 1. The lowest BCUT2D eigenvalue weighted by Crippen LogP contribution is -2.15. The van der Waals surface area contributed by atoms with Crippen LogP contribution in [0.4, 0.5) is 5.69 Å². The van der Waals surface area contributed by atoms with E-state index in [1.54, 1.807) is 24.5 Å². The van der Waals surface area contributed by atoms with Gasteiger partial charge in [-0.1, -0.05) is 23.4 Å². The summed E-state index contributed by atoms with van der Waals surface area (Å²) >= 11 is 7.31. The normalized spacial score (nSPS) is 10.8. The Balaban J connectivity index is 1.70. The van der Waals surface area contributed by atoms with E-state index in [1.807, 2.05) is 24.5 Å². The van der Waals surface area contributed by atoms with Crippen molar-refractivity contribution in [3.63, 3.8) is 0 Å². The zero-order valence-corrected chi connectivity index (χ0v) is 16.7. The fraction of sp³-hybridized carbons (Fsp3) is 0.278. The van der Waals surface area contributed by atoms with Crippen molar-refractivity contribution >= 4 is 35.0 Å². The van der Waals surface area contributed by atoms with Crippen LogP contribution in [0, 0.1) is 6.92 Å². The monoisotopic (exact) mass is 406 g/mol. The van der Waals surface area contributed by atoms with Gasteiger partial charge in [0.1, 0.15) is 11.5 Å². The van der Waals surface area contributed by atoms with Crippen LogP contribution >= 0.6 is 23.4 Å². The summed E-state index contributed by atoms with van der Waals surface area (Å²) in [6.45, 7) is 4.56. The molecule has 0 aliphatic heterocycles. The molecule has 0 unspecified atom stereocenters. The maximum Gasteiger partial charge on any atom is 0.234 e. The van der Waals surface area contributed by atoms with Crippen LogP contribution < -0.4 is 10.1 Å². The zero-order valence-electron chi connectivity index (χ0n) is 15.2. The fourth-order valence-corrected chi connectivity index (χ4v) is 3.57. The number of rotatable bonds is 7. The maximum atomic E-state index is 12.4. The number of aromatic nitrogens is 3. The number of nitrogens with one attached hydrogen (secondary N) is 1. The number of benzene rings is 1. The summed E-state index contributed by atoms with van der Waals surface area (Å²) < 4.78 is 12.5. The van der Waals surface area contributed by atoms with E-state index in [4.69, 9.17) is 20.8 Å². The molecule has 0 bridgehead atoms. The van der Waals surface area contributed by atoms with Crippen molar-refractivity contribution in [1.82, 2.24) is 14.8 Å². The van der Waals surface area contributed by atoms with Crippen molar-refractivity contribution in [2.24, 2.45) is 0 Å². The third kappa shape index (κ3) is 4.28. The lowest BCUT2D eigenvalue weighted by molar-refractivity contribution is -0.113. The van der Waals surface area contributed by atoms with Crippen molar-refractivity contribution in [3.8, 4) is 17.1 Å². The topological polar surface area (TPSA) is 82.2 Å². The standard InChI is InChI=1S/C18H19ClN4O3S/c1-4-23-17(13-7-8-26-11(13)2)21-22-18(23)27-10-16(24)20-14-9-12(19)5-6-15(14)25-3/h5-9H,4,10H2,1-3H3,(H,20,24).